The molecule has 5 heteroatoms. The molecule has 0 saturated carbocycles. The molecular weight excluding hydrogens is 522 g/mol. The summed E-state index contributed by atoms with van der Waals surface area (Å²) in [5, 5.41) is 15.7. The van der Waals surface area contributed by atoms with Gasteiger partial charge in [0.1, 0.15) is 22.3 Å². The second kappa shape index (κ2) is 9.46. The first-order valence-electron chi connectivity index (χ1n) is 13.8. The van der Waals surface area contributed by atoms with Crippen LogP contribution < -0.4 is 0 Å². The quantitative estimate of drug-likeness (QED) is 0.160. The van der Waals surface area contributed by atoms with Crippen LogP contribution in [0, 0.1) is 10.1 Å². The normalized spacial score (nSPS) is 11.9. The van der Waals surface area contributed by atoms with Gasteiger partial charge in [-0.05, 0) is 41.3 Å². The van der Waals surface area contributed by atoms with Crippen molar-refractivity contribution in [2.24, 2.45) is 0 Å². The summed E-state index contributed by atoms with van der Waals surface area (Å²) in [5.74, 6) is 0. The summed E-state index contributed by atoms with van der Waals surface area (Å²) in [7, 11) is 0. The van der Waals surface area contributed by atoms with Gasteiger partial charge in [-0.2, -0.15) is 0 Å². The number of furan rings is 2. The van der Waals surface area contributed by atoms with E-state index in [0.717, 1.165) is 39.5 Å². The minimum atomic E-state index is -0.364. The van der Waals surface area contributed by atoms with Gasteiger partial charge >= 0.3 is 0 Å². The monoisotopic (exact) mass is 545 g/mol. The van der Waals surface area contributed by atoms with Crippen molar-refractivity contribution in [3.63, 3.8) is 0 Å². The lowest BCUT2D eigenvalue weighted by Crippen LogP contribution is -1.91. The molecule has 9 rings (SSSR count). The zero-order chi connectivity index (χ0) is 28.2. The minimum Gasteiger partial charge on any atom is -0.455 e. The lowest BCUT2D eigenvalue weighted by molar-refractivity contribution is -0.384. The number of fused-ring (bicyclic) bond motifs is 10. The summed E-state index contributed by atoms with van der Waals surface area (Å²) < 4.78 is 12.1. The Hall–Kier alpha value is -5.68. The van der Waals surface area contributed by atoms with E-state index in [2.05, 4.69) is 48.5 Å². The van der Waals surface area contributed by atoms with Gasteiger partial charge in [-0.15, -0.1) is 0 Å². The maximum Gasteiger partial charge on any atom is 0.277 e. The highest BCUT2D eigenvalue weighted by Crippen LogP contribution is 2.44. The Morgan fingerprint density at radius 1 is 0.500 bits per heavy atom. The van der Waals surface area contributed by atoms with E-state index < -0.39 is 0 Å². The Kier molecular flexibility index (Phi) is 5.44. The molecule has 0 saturated heterocycles. The largest absolute Gasteiger partial charge is 0.455 e. The second-order valence-corrected chi connectivity index (χ2v) is 10.5. The number of nitro groups is 1. The molecule has 1 aliphatic carbocycles. The molecule has 0 atom stereocenters. The summed E-state index contributed by atoms with van der Waals surface area (Å²) in [4.78, 5) is 10.9. The SMILES string of the molecule is O=[N+]([O-])c1ccccc1-c1cccc2c1oc1ccccc12.c1ccc2c(c1)Cc1ccc3c(oc4ccccc43)c1-2. The lowest BCUT2D eigenvalue weighted by atomic mass is 10.0. The maximum atomic E-state index is 11.3. The third-order valence-corrected chi connectivity index (χ3v) is 8.10. The van der Waals surface area contributed by atoms with Crippen LogP contribution in [0.25, 0.3) is 66.1 Å². The van der Waals surface area contributed by atoms with Crippen LogP contribution in [-0.4, -0.2) is 4.92 Å². The first kappa shape index (κ1) is 24.1. The van der Waals surface area contributed by atoms with E-state index >= 15 is 0 Å². The van der Waals surface area contributed by atoms with Gasteiger partial charge in [-0.1, -0.05) is 103 Å². The highest BCUT2D eigenvalue weighted by molar-refractivity contribution is 6.11. The Balaban J connectivity index is 0.000000127. The summed E-state index contributed by atoms with van der Waals surface area (Å²) in [6.07, 6.45) is 1.01. The van der Waals surface area contributed by atoms with Gasteiger partial charge in [-0.3, -0.25) is 10.1 Å². The molecule has 0 aliphatic heterocycles. The molecule has 0 unspecified atom stereocenters. The van der Waals surface area contributed by atoms with Gasteiger partial charge < -0.3 is 8.83 Å². The van der Waals surface area contributed by atoms with Crippen LogP contribution in [-0.2, 0) is 6.42 Å². The fraction of sp³-hybridized carbons (Fsp3) is 0.0270. The zero-order valence-electron chi connectivity index (χ0n) is 22.4. The summed E-state index contributed by atoms with van der Waals surface area (Å²) in [6.45, 7) is 0. The van der Waals surface area contributed by atoms with Crippen molar-refractivity contribution in [3.05, 3.63) is 149 Å². The molecule has 0 amide bonds. The van der Waals surface area contributed by atoms with E-state index in [1.54, 1.807) is 18.2 Å². The summed E-state index contributed by atoms with van der Waals surface area (Å²) >= 11 is 0. The molecule has 8 aromatic rings. The molecule has 0 spiro atoms. The minimum absolute atomic E-state index is 0.0791. The Labute approximate surface area is 240 Å². The van der Waals surface area contributed by atoms with Crippen LogP contribution in [0.3, 0.4) is 0 Å². The third-order valence-electron chi connectivity index (χ3n) is 8.10. The number of nitrogens with zero attached hydrogens (tertiary/aromatic N) is 1. The Morgan fingerprint density at radius 3 is 1.83 bits per heavy atom. The Morgan fingerprint density at radius 2 is 1.07 bits per heavy atom. The molecule has 0 radical (unpaired) electrons. The van der Waals surface area contributed by atoms with Gasteiger partial charge in [0, 0.05) is 38.7 Å². The molecule has 0 bridgehead atoms. The molecule has 2 aromatic heterocycles. The molecule has 0 N–H and O–H groups in total. The van der Waals surface area contributed by atoms with Gasteiger partial charge in [0.25, 0.3) is 5.69 Å². The number of rotatable bonds is 2. The number of benzene rings is 6. The smallest absolute Gasteiger partial charge is 0.277 e. The third kappa shape index (κ3) is 3.71. The van der Waals surface area contributed by atoms with Crippen LogP contribution in [0.5, 0.6) is 0 Å². The van der Waals surface area contributed by atoms with E-state index in [9.17, 15) is 10.1 Å². The number of hydrogen-bond donors (Lipinski definition) is 0. The predicted molar refractivity (Wildman–Crippen MR) is 168 cm³/mol. The van der Waals surface area contributed by atoms with Crippen molar-refractivity contribution in [1.82, 2.24) is 0 Å². The molecule has 200 valence electrons. The fourth-order valence-electron chi connectivity index (χ4n) is 6.22. The summed E-state index contributed by atoms with van der Waals surface area (Å²) in [5.41, 5.74) is 10.2. The van der Waals surface area contributed by atoms with Crippen molar-refractivity contribution < 1.29 is 13.8 Å². The van der Waals surface area contributed by atoms with E-state index in [1.165, 1.54) is 39.1 Å². The first-order valence-corrected chi connectivity index (χ1v) is 13.8. The molecule has 6 aromatic carbocycles. The van der Waals surface area contributed by atoms with Crippen molar-refractivity contribution in [2.45, 2.75) is 6.42 Å². The van der Waals surface area contributed by atoms with Crippen LogP contribution in [0.1, 0.15) is 11.1 Å². The van der Waals surface area contributed by atoms with Crippen molar-refractivity contribution in [2.75, 3.05) is 0 Å². The van der Waals surface area contributed by atoms with Gasteiger partial charge in [0.15, 0.2) is 0 Å². The van der Waals surface area contributed by atoms with Crippen molar-refractivity contribution >= 4 is 49.6 Å². The highest BCUT2D eigenvalue weighted by atomic mass is 16.6. The zero-order valence-corrected chi connectivity index (χ0v) is 22.4. The number of nitro benzene ring substituents is 1. The fourth-order valence-corrected chi connectivity index (χ4v) is 6.22. The summed E-state index contributed by atoms with van der Waals surface area (Å²) in [6, 6.07) is 41.6. The molecule has 5 nitrogen and oxygen atoms in total. The van der Waals surface area contributed by atoms with Crippen LogP contribution in [0.15, 0.2) is 136 Å². The molecule has 0 fully saturated rings. The topological polar surface area (TPSA) is 69.4 Å². The Bertz CT molecular complexity index is 2320. The average molecular weight is 546 g/mol. The molecule has 1 aliphatic rings. The molecular formula is C37H23NO4. The van der Waals surface area contributed by atoms with E-state index in [0.29, 0.717) is 11.1 Å². The number of hydrogen-bond acceptors (Lipinski definition) is 4. The lowest BCUT2D eigenvalue weighted by Gasteiger charge is -2.03. The maximum absolute atomic E-state index is 11.3. The van der Waals surface area contributed by atoms with Crippen molar-refractivity contribution in [3.8, 4) is 22.3 Å². The van der Waals surface area contributed by atoms with Gasteiger partial charge in [0.05, 0.1) is 10.5 Å². The van der Waals surface area contributed by atoms with E-state index in [4.69, 9.17) is 8.83 Å². The first-order chi connectivity index (χ1) is 20.7. The average Bonchev–Trinajstić information content (AvgIpc) is 3.72. The number of para-hydroxylation sites is 4. The van der Waals surface area contributed by atoms with E-state index in [1.807, 2.05) is 54.6 Å². The molecule has 2 heterocycles. The van der Waals surface area contributed by atoms with Gasteiger partial charge in [-0.25, -0.2) is 0 Å². The van der Waals surface area contributed by atoms with Crippen molar-refractivity contribution in [1.29, 1.82) is 0 Å². The highest BCUT2D eigenvalue weighted by Gasteiger charge is 2.23. The molecule has 42 heavy (non-hydrogen) atoms. The van der Waals surface area contributed by atoms with Crippen LogP contribution >= 0.6 is 0 Å². The standard InChI is InChI=1S/C19H12O.C18H11NO3/c1-2-6-14-12(5-1)11-13-9-10-16-15-7-3-4-8-17(15)20-19(16)18(13)14;20-19(21)16-10-3-1-6-12(16)14-8-5-9-15-13-7-2-4-11-17(13)22-18(14)15/h1-10H,11H2;1-11H. The van der Waals surface area contributed by atoms with E-state index in [-0.39, 0.29) is 10.6 Å². The second-order valence-electron chi connectivity index (χ2n) is 10.5. The van der Waals surface area contributed by atoms with Crippen LogP contribution in [0.4, 0.5) is 5.69 Å². The van der Waals surface area contributed by atoms with Crippen LogP contribution in [0.2, 0.25) is 0 Å². The predicted octanol–water partition coefficient (Wildman–Crippen LogP) is 10.3. The van der Waals surface area contributed by atoms with Gasteiger partial charge in [0.2, 0.25) is 0 Å².